The first kappa shape index (κ1) is 17.0. The number of anilines is 1. The lowest BCUT2D eigenvalue weighted by molar-refractivity contribution is -0.139. The molecule has 0 aliphatic heterocycles. The van der Waals surface area contributed by atoms with Gasteiger partial charge in [-0.15, -0.1) is 0 Å². The number of nitrogens with one attached hydrogen (secondary N) is 1. The third-order valence-electron chi connectivity index (χ3n) is 2.46. The van der Waals surface area contributed by atoms with E-state index in [1.807, 2.05) is 0 Å². The van der Waals surface area contributed by atoms with Crippen LogP contribution in [0.5, 0.6) is 0 Å². The topological polar surface area (TPSA) is 98.8 Å². The second-order valence-electron chi connectivity index (χ2n) is 4.21. The summed E-state index contributed by atoms with van der Waals surface area (Å²) in [5, 5.41) is 0. The number of carbonyl (C=O) groups is 2. The van der Waals surface area contributed by atoms with Gasteiger partial charge in [0, 0.05) is 0 Å². The lowest BCUT2D eigenvalue weighted by Crippen LogP contribution is -2.25. The van der Waals surface area contributed by atoms with Crippen LogP contribution in [0, 0.1) is 6.92 Å². The van der Waals surface area contributed by atoms with Crippen LogP contribution in [0.2, 0.25) is 0 Å². The summed E-state index contributed by atoms with van der Waals surface area (Å²) < 4.78 is 35.1. The normalized spacial score (nSPS) is 10.8. The van der Waals surface area contributed by atoms with Crippen LogP contribution >= 0.6 is 0 Å². The van der Waals surface area contributed by atoms with Gasteiger partial charge in [-0.05, 0) is 26.0 Å². The Kier molecular flexibility index (Phi) is 5.71. The molecule has 0 heterocycles. The molecule has 0 aliphatic carbocycles. The summed E-state index contributed by atoms with van der Waals surface area (Å²) in [6, 6.07) is 4.56. The Bertz CT molecular complexity index is 638. The van der Waals surface area contributed by atoms with E-state index in [4.69, 9.17) is 0 Å². The SMILES string of the molecule is CCOC(=O)CS(=O)(=O)Nc1ccc(C)cc1C(=O)OC. The number of hydrogen-bond acceptors (Lipinski definition) is 6. The van der Waals surface area contributed by atoms with E-state index in [2.05, 4.69) is 14.2 Å². The largest absolute Gasteiger partial charge is 0.465 e. The standard InChI is InChI=1S/C13H17NO6S/c1-4-20-12(15)8-21(17,18)14-11-6-5-9(2)7-10(11)13(16)19-3/h5-7,14H,4,8H2,1-3H3. The number of rotatable bonds is 6. The van der Waals surface area contributed by atoms with Gasteiger partial charge < -0.3 is 9.47 Å². The van der Waals surface area contributed by atoms with Crippen LogP contribution in [0.25, 0.3) is 0 Å². The van der Waals surface area contributed by atoms with Gasteiger partial charge in [0.15, 0.2) is 5.75 Å². The number of ether oxygens (including phenoxy) is 2. The molecule has 0 saturated heterocycles. The molecule has 116 valence electrons. The Morgan fingerprint density at radius 1 is 1.29 bits per heavy atom. The number of hydrogen-bond donors (Lipinski definition) is 1. The van der Waals surface area contributed by atoms with Crippen LogP contribution in [0.3, 0.4) is 0 Å². The molecule has 0 spiro atoms. The maximum absolute atomic E-state index is 11.9. The Morgan fingerprint density at radius 3 is 2.52 bits per heavy atom. The van der Waals surface area contributed by atoms with Gasteiger partial charge in [-0.1, -0.05) is 11.6 Å². The maximum Gasteiger partial charge on any atom is 0.340 e. The number of sulfonamides is 1. The highest BCUT2D eigenvalue weighted by Crippen LogP contribution is 2.19. The summed E-state index contributed by atoms with van der Waals surface area (Å²) in [5.41, 5.74) is 0.894. The van der Waals surface area contributed by atoms with E-state index < -0.39 is 27.7 Å². The second kappa shape index (κ2) is 7.07. The molecule has 1 aromatic carbocycles. The van der Waals surface area contributed by atoms with Gasteiger partial charge in [0.05, 0.1) is 25.0 Å². The molecule has 0 amide bonds. The zero-order valence-electron chi connectivity index (χ0n) is 12.0. The van der Waals surface area contributed by atoms with Crippen molar-refractivity contribution in [3.63, 3.8) is 0 Å². The van der Waals surface area contributed by atoms with Crippen molar-refractivity contribution in [3.05, 3.63) is 29.3 Å². The van der Waals surface area contributed by atoms with Crippen molar-refractivity contribution in [2.75, 3.05) is 24.2 Å². The Hall–Kier alpha value is -2.09. The molecule has 0 saturated carbocycles. The first-order valence-electron chi connectivity index (χ1n) is 6.14. The highest BCUT2D eigenvalue weighted by molar-refractivity contribution is 7.93. The number of esters is 2. The molecule has 8 heteroatoms. The van der Waals surface area contributed by atoms with Crippen molar-refractivity contribution in [1.82, 2.24) is 0 Å². The minimum absolute atomic E-state index is 0.0525. The molecule has 0 radical (unpaired) electrons. The molecule has 0 aliphatic rings. The van der Waals surface area contributed by atoms with Gasteiger partial charge >= 0.3 is 11.9 Å². The first-order valence-corrected chi connectivity index (χ1v) is 7.79. The van der Waals surface area contributed by atoms with Crippen LogP contribution in [-0.4, -0.2) is 39.8 Å². The van der Waals surface area contributed by atoms with E-state index in [1.54, 1.807) is 19.9 Å². The number of benzene rings is 1. The molecule has 1 N–H and O–H groups in total. The maximum atomic E-state index is 11.9. The molecule has 1 aromatic rings. The molecule has 21 heavy (non-hydrogen) atoms. The summed E-state index contributed by atoms with van der Waals surface area (Å²) in [7, 11) is -2.77. The molecule has 0 atom stereocenters. The summed E-state index contributed by atoms with van der Waals surface area (Å²) in [5.74, 6) is -2.36. The molecular formula is C13H17NO6S. The number of carbonyl (C=O) groups excluding carboxylic acids is 2. The van der Waals surface area contributed by atoms with E-state index >= 15 is 0 Å². The third-order valence-corrected chi connectivity index (χ3v) is 3.61. The minimum Gasteiger partial charge on any atom is -0.465 e. The Balaban J connectivity index is 3.02. The van der Waals surface area contributed by atoms with Crippen molar-refractivity contribution in [2.45, 2.75) is 13.8 Å². The van der Waals surface area contributed by atoms with Crippen molar-refractivity contribution in [1.29, 1.82) is 0 Å². The Labute approximate surface area is 123 Å². The quantitative estimate of drug-likeness (QED) is 0.789. The number of aryl methyl sites for hydroxylation is 1. The summed E-state index contributed by atoms with van der Waals surface area (Å²) in [6.45, 7) is 3.42. The minimum atomic E-state index is -3.97. The van der Waals surface area contributed by atoms with Crippen LogP contribution < -0.4 is 4.72 Å². The molecule has 0 unspecified atom stereocenters. The van der Waals surface area contributed by atoms with Gasteiger partial charge in [0.1, 0.15) is 0 Å². The van der Waals surface area contributed by atoms with E-state index in [-0.39, 0.29) is 17.9 Å². The number of methoxy groups -OCH3 is 1. The first-order chi connectivity index (χ1) is 9.79. The molecule has 0 bridgehead atoms. The third kappa shape index (κ3) is 5.07. The van der Waals surface area contributed by atoms with Gasteiger partial charge in [0.2, 0.25) is 10.0 Å². The van der Waals surface area contributed by atoms with Crippen LogP contribution in [0.4, 0.5) is 5.69 Å². The molecule has 7 nitrogen and oxygen atoms in total. The second-order valence-corrected chi connectivity index (χ2v) is 5.93. The van der Waals surface area contributed by atoms with Gasteiger partial charge in [-0.2, -0.15) is 0 Å². The van der Waals surface area contributed by atoms with Gasteiger partial charge in [0.25, 0.3) is 0 Å². The zero-order valence-corrected chi connectivity index (χ0v) is 12.8. The average molecular weight is 315 g/mol. The molecule has 0 fully saturated rings. The van der Waals surface area contributed by atoms with E-state index in [0.717, 1.165) is 5.56 Å². The lowest BCUT2D eigenvalue weighted by Gasteiger charge is -2.11. The van der Waals surface area contributed by atoms with Crippen molar-refractivity contribution >= 4 is 27.6 Å². The zero-order chi connectivity index (χ0) is 16.0. The summed E-state index contributed by atoms with van der Waals surface area (Å²) >= 11 is 0. The van der Waals surface area contributed by atoms with Crippen LogP contribution in [-0.2, 0) is 24.3 Å². The van der Waals surface area contributed by atoms with E-state index in [1.165, 1.54) is 19.2 Å². The highest BCUT2D eigenvalue weighted by Gasteiger charge is 2.21. The van der Waals surface area contributed by atoms with Crippen molar-refractivity contribution < 1.29 is 27.5 Å². The van der Waals surface area contributed by atoms with Crippen LogP contribution in [0.15, 0.2) is 18.2 Å². The Morgan fingerprint density at radius 2 is 1.95 bits per heavy atom. The predicted octanol–water partition coefficient (Wildman–Crippen LogP) is 1.09. The van der Waals surface area contributed by atoms with Gasteiger partial charge in [-0.25, -0.2) is 13.2 Å². The lowest BCUT2D eigenvalue weighted by atomic mass is 10.1. The van der Waals surface area contributed by atoms with Crippen molar-refractivity contribution in [3.8, 4) is 0 Å². The fourth-order valence-corrected chi connectivity index (χ4v) is 2.57. The molecule has 1 rings (SSSR count). The summed E-state index contributed by atoms with van der Waals surface area (Å²) in [4.78, 5) is 22.9. The smallest absolute Gasteiger partial charge is 0.340 e. The fourth-order valence-electron chi connectivity index (χ4n) is 1.59. The monoisotopic (exact) mass is 315 g/mol. The molecule has 0 aromatic heterocycles. The summed E-state index contributed by atoms with van der Waals surface area (Å²) in [6.07, 6.45) is 0. The fraction of sp³-hybridized carbons (Fsp3) is 0.385. The van der Waals surface area contributed by atoms with E-state index in [9.17, 15) is 18.0 Å². The van der Waals surface area contributed by atoms with Crippen LogP contribution in [0.1, 0.15) is 22.8 Å². The highest BCUT2D eigenvalue weighted by atomic mass is 32.2. The predicted molar refractivity (Wildman–Crippen MR) is 76.6 cm³/mol. The van der Waals surface area contributed by atoms with Crippen molar-refractivity contribution in [2.24, 2.45) is 0 Å². The van der Waals surface area contributed by atoms with E-state index in [0.29, 0.717) is 0 Å². The van der Waals surface area contributed by atoms with Gasteiger partial charge in [-0.3, -0.25) is 9.52 Å². The molecular weight excluding hydrogens is 298 g/mol. The average Bonchev–Trinajstić information content (AvgIpc) is 2.39.